The average molecular weight is 267 g/mol. The molecule has 11 heavy (non-hydrogen) atoms. The van der Waals surface area contributed by atoms with E-state index < -0.39 is 0 Å². The van der Waals surface area contributed by atoms with Crippen molar-refractivity contribution in [3.63, 3.8) is 0 Å². The maximum atomic E-state index is 2.37. The number of hydrogen-bond acceptors (Lipinski definition) is 1. The standard InChI is InChI=1S/C8H5S.CH3.Sn/c1-2-4-8-7(3-1)5-6-9-8;;/h1-5H;1H3;. The molecule has 2 aromatic rings. The quantitative estimate of drug-likeness (QED) is 0.695. The Morgan fingerprint density at radius 3 is 2.82 bits per heavy atom. The zero-order valence-electron chi connectivity index (χ0n) is 6.29. The van der Waals surface area contributed by atoms with Crippen LogP contribution < -0.4 is 2.89 Å². The molecule has 0 amide bonds. The van der Waals surface area contributed by atoms with Gasteiger partial charge in [0.05, 0.1) is 0 Å². The van der Waals surface area contributed by atoms with Crippen LogP contribution in [0.5, 0.6) is 0 Å². The van der Waals surface area contributed by atoms with Crippen LogP contribution in [-0.2, 0) is 0 Å². The summed E-state index contributed by atoms with van der Waals surface area (Å²) in [7, 11) is 0. The summed E-state index contributed by atoms with van der Waals surface area (Å²) in [6.45, 7) is 0. The number of rotatable bonds is 1. The van der Waals surface area contributed by atoms with Gasteiger partial charge in [-0.3, -0.25) is 0 Å². The summed E-state index contributed by atoms with van der Waals surface area (Å²) in [5.74, 6) is 0. The van der Waals surface area contributed by atoms with Crippen molar-refractivity contribution in [1.29, 1.82) is 0 Å². The summed E-state index contributed by atoms with van der Waals surface area (Å²) in [5.41, 5.74) is 0. The second-order valence-electron chi connectivity index (χ2n) is 2.40. The molecule has 0 nitrogen and oxygen atoms in total. The number of fused-ring (bicyclic) bond motifs is 1. The zero-order valence-corrected chi connectivity index (χ0v) is 9.97. The van der Waals surface area contributed by atoms with Crippen LogP contribution in [-0.4, -0.2) is 21.1 Å². The molecule has 0 aliphatic rings. The van der Waals surface area contributed by atoms with E-state index in [0.29, 0.717) is 0 Å². The Labute approximate surface area is 80.5 Å². The first-order valence-electron chi connectivity index (χ1n) is 3.56. The Bertz CT molecular complexity index is 331. The van der Waals surface area contributed by atoms with Crippen molar-refractivity contribution in [3.8, 4) is 0 Å². The molecule has 2 heteroatoms. The van der Waals surface area contributed by atoms with E-state index >= 15 is 0 Å². The number of thiophene rings is 1. The molecule has 2 rings (SSSR count). The van der Waals surface area contributed by atoms with E-state index in [1.54, 1.807) is 2.89 Å². The van der Waals surface area contributed by atoms with Gasteiger partial charge in [-0.05, 0) is 0 Å². The van der Waals surface area contributed by atoms with Gasteiger partial charge in [0.15, 0.2) is 0 Å². The Kier molecular flexibility index (Phi) is 2.18. The van der Waals surface area contributed by atoms with E-state index in [1.807, 2.05) is 11.3 Å². The molecule has 0 unspecified atom stereocenters. The Balaban J connectivity index is 2.69. The summed E-state index contributed by atoms with van der Waals surface area (Å²) in [5, 5.41) is 1.43. The molecule has 0 bridgehead atoms. The fourth-order valence-electron chi connectivity index (χ4n) is 1.11. The SMILES string of the molecule is [CH3][Sn][c]1cc2ccccc2s1. The molecule has 0 saturated heterocycles. The van der Waals surface area contributed by atoms with Crippen molar-refractivity contribution in [3.05, 3.63) is 30.3 Å². The van der Waals surface area contributed by atoms with Crippen LogP contribution in [0.1, 0.15) is 0 Å². The van der Waals surface area contributed by atoms with E-state index in [2.05, 4.69) is 35.3 Å². The fraction of sp³-hybridized carbons (Fsp3) is 0.111. The fourth-order valence-corrected chi connectivity index (χ4v) is 4.69. The first-order valence-corrected chi connectivity index (χ1v) is 8.66. The molecule has 1 heterocycles. The van der Waals surface area contributed by atoms with Gasteiger partial charge in [0, 0.05) is 0 Å². The first-order chi connectivity index (χ1) is 5.40. The van der Waals surface area contributed by atoms with Gasteiger partial charge in [-0.25, -0.2) is 0 Å². The molecule has 1 aromatic heterocycles. The topological polar surface area (TPSA) is 0 Å². The molecule has 0 aliphatic carbocycles. The van der Waals surface area contributed by atoms with Gasteiger partial charge >= 0.3 is 80.7 Å². The van der Waals surface area contributed by atoms with E-state index in [-0.39, 0.29) is 21.1 Å². The van der Waals surface area contributed by atoms with Crippen molar-refractivity contribution < 1.29 is 0 Å². The van der Waals surface area contributed by atoms with Crippen LogP contribution in [0.2, 0.25) is 4.94 Å². The van der Waals surface area contributed by atoms with Gasteiger partial charge in [-0.2, -0.15) is 0 Å². The van der Waals surface area contributed by atoms with Gasteiger partial charge in [-0.15, -0.1) is 0 Å². The molecule has 0 spiro atoms. The molecule has 0 atom stereocenters. The second kappa shape index (κ2) is 3.15. The van der Waals surface area contributed by atoms with Crippen LogP contribution in [0.15, 0.2) is 30.3 Å². The van der Waals surface area contributed by atoms with Crippen molar-refractivity contribution in [2.75, 3.05) is 0 Å². The first kappa shape index (κ1) is 7.62. The van der Waals surface area contributed by atoms with Gasteiger partial charge in [0.2, 0.25) is 0 Å². The molecule has 0 saturated carbocycles. The Morgan fingerprint density at radius 1 is 1.27 bits per heavy atom. The van der Waals surface area contributed by atoms with E-state index in [0.717, 1.165) is 0 Å². The van der Waals surface area contributed by atoms with Crippen LogP contribution in [0.4, 0.5) is 0 Å². The third kappa shape index (κ3) is 1.44. The van der Waals surface area contributed by atoms with Crippen LogP contribution in [0.25, 0.3) is 10.1 Å². The van der Waals surface area contributed by atoms with Crippen molar-refractivity contribution in [2.24, 2.45) is 0 Å². The Hall–Kier alpha value is -0.0213. The summed E-state index contributed by atoms with van der Waals surface area (Å²) in [6, 6.07) is 11.0. The summed E-state index contributed by atoms with van der Waals surface area (Å²) < 4.78 is 3.10. The molecule has 0 N–H and O–H groups in total. The van der Waals surface area contributed by atoms with Crippen molar-refractivity contribution >= 4 is 45.5 Å². The van der Waals surface area contributed by atoms with Crippen molar-refractivity contribution in [2.45, 2.75) is 4.94 Å². The molecule has 1 aromatic carbocycles. The predicted molar refractivity (Wildman–Crippen MR) is 53.1 cm³/mol. The molecule has 0 aliphatic heterocycles. The summed E-state index contributed by atoms with van der Waals surface area (Å²) >= 11 is 1.78. The summed E-state index contributed by atoms with van der Waals surface area (Å²) in [6.07, 6.45) is 0. The molecule has 0 fully saturated rings. The van der Waals surface area contributed by atoms with Crippen LogP contribution in [0.3, 0.4) is 0 Å². The third-order valence-corrected chi connectivity index (χ3v) is 6.66. The molecular weight excluding hydrogens is 259 g/mol. The van der Waals surface area contributed by atoms with Crippen LogP contribution in [0, 0.1) is 0 Å². The van der Waals surface area contributed by atoms with E-state index in [9.17, 15) is 0 Å². The molecular formula is C9H8SSn. The monoisotopic (exact) mass is 268 g/mol. The number of benzene rings is 1. The van der Waals surface area contributed by atoms with E-state index in [4.69, 9.17) is 0 Å². The zero-order chi connectivity index (χ0) is 7.68. The van der Waals surface area contributed by atoms with Gasteiger partial charge < -0.3 is 0 Å². The van der Waals surface area contributed by atoms with E-state index in [1.165, 1.54) is 10.1 Å². The second-order valence-corrected chi connectivity index (χ2v) is 7.48. The normalized spacial score (nSPS) is 10.6. The Morgan fingerprint density at radius 2 is 2.09 bits per heavy atom. The maximum absolute atomic E-state index is 2.37. The van der Waals surface area contributed by atoms with Crippen molar-refractivity contribution in [1.82, 2.24) is 0 Å². The molecule has 2 radical (unpaired) electrons. The predicted octanol–water partition coefficient (Wildman–Crippen LogP) is 2.28. The number of hydrogen-bond donors (Lipinski definition) is 0. The molecule has 54 valence electrons. The minimum absolute atomic E-state index is 0.196. The van der Waals surface area contributed by atoms with Crippen LogP contribution >= 0.6 is 11.3 Å². The average Bonchev–Trinajstić information content (AvgIpc) is 2.46. The third-order valence-electron chi connectivity index (χ3n) is 1.67. The van der Waals surface area contributed by atoms with Gasteiger partial charge in [0.1, 0.15) is 0 Å². The summed E-state index contributed by atoms with van der Waals surface area (Å²) in [4.78, 5) is 2.37. The minimum atomic E-state index is -0.196. The van der Waals surface area contributed by atoms with Gasteiger partial charge in [-0.1, -0.05) is 0 Å². The van der Waals surface area contributed by atoms with Gasteiger partial charge in [0.25, 0.3) is 0 Å².